The lowest BCUT2D eigenvalue weighted by Gasteiger charge is -2.04. The Morgan fingerprint density at radius 2 is 2.18 bits per heavy atom. The van der Waals surface area contributed by atoms with Crippen molar-refractivity contribution < 1.29 is 4.11 Å². The van der Waals surface area contributed by atoms with Gasteiger partial charge in [-0.3, -0.25) is 0 Å². The van der Waals surface area contributed by atoms with Crippen molar-refractivity contribution in [1.82, 2.24) is 0 Å². The smallest absolute Gasteiger partial charge is 0.0625 e. The molecule has 1 aromatic rings. The molecule has 11 heavy (non-hydrogen) atoms. The Hall–Kier alpha value is -0.780. The maximum absolute atomic E-state index is 7.88. The summed E-state index contributed by atoms with van der Waals surface area (Å²) >= 11 is 0. The van der Waals surface area contributed by atoms with Crippen LogP contribution in [0.4, 0.5) is 0 Å². The van der Waals surface area contributed by atoms with Gasteiger partial charge in [-0.1, -0.05) is 43.7 Å². The van der Waals surface area contributed by atoms with Crippen LogP contribution in [0.2, 0.25) is 0 Å². The first-order chi connectivity index (χ1) is 6.35. The number of hydrogen-bond donors (Lipinski definition) is 0. The number of rotatable bonds is 2. The van der Waals surface area contributed by atoms with Crippen LogP contribution in [0.25, 0.3) is 0 Å². The lowest BCUT2D eigenvalue weighted by Crippen LogP contribution is -1.93. The SMILES string of the molecule is [2H]c1cc(C)ccc1C([2H])([2H])C(C)C. The molecule has 0 saturated heterocycles. The average molecular weight is 151 g/mol. The van der Waals surface area contributed by atoms with Crippen LogP contribution in [0.3, 0.4) is 0 Å². The molecule has 0 heterocycles. The molecule has 0 bridgehead atoms. The van der Waals surface area contributed by atoms with Crippen molar-refractivity contribution in [2.45, 2.75) is 27.1 Å². The highest BCUT2D eigenvalue weighted by Crippen LogP contribution is 2.08. The van der Waals surface area contributed by atoms with Crippen LogP contribution in [0, 0.1) is 12.8 Å². The molecule has 60 valence electrons. The number of aryl methyl sites for hydroxylation is 1. The van der Waals surface area contributed by atoms with Gasteiger partial charge in [0.1, 0.15) is 0 Å². The minimum atomic E-state index is -1.41. The molecule has 0 spiro atoms. The van der Waals surface area contributed by atoms with Gasteiger partial charge in [-0.05, 0) is 24.8 Å². The van der Waals surface area contributed by atoms with E-state index in [0.717, 1.165) is 5.56 Å². The number of hydrogen-bond acceptors (Lipinski definition) is 0. The van der Waals surface area contributed by atoms with Gasteiger partial charge in [-0.25, -0.2) is 0 Å². The highest BCUT2D eigenvalue weighted by atomic mass is 14.0. The Bertz CT molecular complexity index is 329. The molecular formula is C11H16. The first-order valence-electron chi connectivity index (χ1n) is 5.43. The summed E-state index contributed by atoms with van der Waals surface area (Å²) < 4.78 is 23.5. The summed E-state index contributed by atoms with van der Waals surface area (Å²) in [4.78, 5) is 0. The molecule has 1 rings (SSSR count). The fourth-order valence-corrected chi connectivity index (χ4v) is 0.903. The van der Waals surface area contributed by atoms with Crippen LogP contribution < -0.4 is 0 Å². The summed E-state index contributed by atoms with van der Waals surface area (Å²) in [5.41, 5.74) is 1.48. The van der Waals surface area contributed by atoms with Gasteiger partial charge in [0.2, 0.25) is 0 Å². The van der Waals surface area contributed by atoms with Crippen molar-refractivity contribution in [3.8, 4) is 0 Å². The van der Waals surface area contributed by atoms with Crippen LogP contribution in [0.5, 0.6) is 0 Å². The van der Waals surface area contributed by atoms with Gasteiger partial charge in [0.25, 0.3) is 0 Å². The zero-order valence-electron chi connectivity index (χ0n) is 10.3. The van der Waals surface area contributed by atoms with Crippen molar-refractivity contribution in [3.05, 3.63) is 35.4 Å². The first-order valence-corrected chi connectivity index (χ1v) is 3.93. The zero-order valence-corrected chi connectivity index (χ0v) is 7.31. The molecule has 0 heteroatoms. The highest BCUT2D eigenvalue weighted by molar-refractivity contribution is 5.21. The van der Waals surface area contributed by atoms with Crippen molar-refractivity contribution in [3.63, 3.8) is 0 Å². The van der Waals surface area contributed by atoms with E-state index in [1.807, 2.05) is 26.8 Å². The normalized spacial score (nSPS) is 15.8. The van der Waals surface area contributed by atoms with Crippen molar-refractivity contribution in [2.75, 3.05) is 0 Å². The van der Waals surface area contributed by atoms with Crippen molar-refractivity contribution >= 4 is 0 Å². The molecule has 1 aromatic carbocycles. The van der Waals surface area contributed by atoms with Crippen molar-refractivity contribution in [1.29, 1.82) is 0 Å². The molecule has 0 unspecified atom stereocenters. The summed E-state index contributed by atoms with van der Waals surface area (Å²) in [5, 5.41) is 0. The fraction of sp³-hybridized carbons (Fsp3) is 0.455. The number of benzene rings is 1. The van der Waals surface area contributed by atoms with Gasteiger partial charge in [-0.15, -0.1) is 0 Å². The van der Waals surface area contributed by atoms with Gasteiger partial charge < -0.3 is 0 Å². The molecular weight excluding hydrogens is 132 g/mol. The lowest BCUT2D eigenvalue weighted by molar-refractivity contribution is 0.647. The molecule has 0 aliphatic rings. The Balaban J connectivity index is 3.19. The summed E-state index contributed by atoms with van der Waals surface area (Å²) in [6.45, 7) is 5.57. The largest absolute Gasteiger partial charge is 0.0626 e. The summed E-state index contributed by atoms with van der Waals surface area (Å²) in [7, 11) is 0. The molecule has 0 radical (unpaired) electrons. The van der Waals surface area contributed by atoms with Gasteiger partial charge in [-0.2, -0.15) is 0 Å². The second-order valence-corrected chi connectivity index (χ2v) is 3.08. The van der Waals surface area contributed by atoms with Gasteiger partial charge in [0.15, 0.2) is 0 Å². The van der Waals surface area contributed by atoms with E-state index >= 15 is 0 Å². The molecule has 0 saturated carbocycles. The standard InChI is InChI=1S/C11H16/c1-9(2)8-11-6-4-10(3)5-7-11/h4-7,9H,8H2,1-3H3/i6D,8D2. The fourth-order valence-electron chi connectivity index (χ4n) is 0.903. The molecule has 0 N–H and O–H groups in total. The van der Waals surface area contributed by atoms with E-state index in [4.69, 9.17) is 4.11 Å². The summed E-state index contributed by atoms with van der Waals surface area (Å²) in [6.07, 6.45) is -1.41. The molecule has 0 atom stereocenters. The van der Waals surface area contributed by atoms with E-state index < -0.39 is 6.37 Å². The predicted molar refractivity (Wildman–Crippen MR) is 49.7 cm³/mol. The van der Waals surface area contributed by atoms with Crippen LogP contribution in [-0.4, -0.2) is 0 Å². The Morgan fingerprint density at radius 1 is 1.45 bits per heavy atom. The van der Waals surface area contributed by atoms with Crippen molar-refractivity contribution in [2.24, 2.45) is 5.92 Å². The molecule has 0 aliphatic carbocycles. The predicted octanol–water partition coefficient (Wildman–Crippen LogP) is 3.19. The molecule has 0 nitrogen and oxygen atoms in total. The molecule has 0 fully saturated rings. The van der Waals surface area contributed by atoms with Crippen LogP contribution in [0.15, 0.2) is 24.2 Å². The highest BCUT2D eigenvalue weighted by Gasteiger charge is 1.95. The maximum Gasteiger partial charge on any atom is 0.0626 e. The average Bonchev–Trinajstić information content (AvgIpc) is 2.02. The van der Waals surface area contributed by atoms with Crippen LogP contribution in [0.1, 0.15) is 29.1 Å². The zero-order chi connectivity index (χ0) is 10.9. The van der Waals surface area contributed by atoms with Gasteiger partial charge in [0, 0.05) is 2.74 Å². The van der Waals surface area contributed by atoms with E-state index in [-0.39, 0.29) is 5.92 Å². The summed E-state index contributed by atoms with van der Waals surface area (Å²) in [5.74, 6) is -0.116. The van der Waals surface area contributed by atoms with Crippen LogP contribution in [-0.2, 0) is 6.37 Å². The van der Waals surface area contributed by atoms with E-state index in [0.29, 0.717) is 11.6 Å². The molecule has 0 aromatic heterocycles. The Morgan fingerprint density at radius 3 is 2.73 bits per heavy atom. The van der Waals surface area contributed by atoms with Crippen LogP contribution >= 0.6 is 0 Å². The van der Waals surface area contributed by atoms with E-state index in [2.05, 4.69) is 0 Å². The lowest BCUT2D eigenvalue weighted by atomic mass is 10.0. The Kier molecular flexibility index (Phi) is 1.61. The second kappa shape index (κ2) is 3.56. The summed E-state index contributed by atoms with van der Waals surface area (Å²) in [6, 6.07) is 5.57. The Labute approximate surface area is 73.5 Å². The van der Waals surface area contributed by atoms with E-state index in [1.165, 1.54) is 0 Å². The van der Waals surface area contributed by atoms with Gasteiger partial charge >= 0.3 is 0 Å². The minimum absolute atomic E-state index is 0.116. The second-order valence-electron chi connectivity index (χ2n) is 3.08. The maximum atomic E-state index is 7.88. The van der Waals surface area contributed by atoms with E-state index in [9.17, 15) is 0 Å². The topological polar surface area (TPSA) is 0 Å². The minimum Gasteiger partial charge on any atom is -0.0625 e. The quantitative estimate of drug-likeness (QED) is 0.609. The first kappa shape index (κ1) is 4.97. The van der Waals surface area contributed by atoms with E-state index in [1.54, 1.807) is 12.1 Å². The van der Waals surface area contributed by atoms with Gasteiger partial charge in [0.05, 0.1) is 1.37 Å². The third kappa shape index (κ3) is 2.75. The third-order valence-corrected chi connectivity index (χ3v) is 1.41. The monoisotopic (exact) mass is 151 g/mol. The molecule has 0 aliphatic heterocycles. The molecule has 0 amide bonds. The third-order valence-electron chi connectivity index (χ3n) is 1.41.